The van der Waals surface area contributed by atoms with Crippen molar-refractivity contribution < 1.29 is 15.0 Å². The maximum atomic E-state index is 13.1. The van der Waals surface area contributed by atoms with Crippen LogP contribution in [0.4, 0.5) is 0 Å². The van der Waals surface area contributed by atoms with Crippen LogP contribution in [0.15, 0.2) is 48.8 Å². The number of phenols is 1. The van der Waals surface area contributed by atoms with Gasteiger partial charge in [-0.1, -0.05) is 18.2 Å². The highest BCUT2D eigenvalue weighted by atomic mass is 16.3. The molecule has 2 N–H and O–H groups in total. The molecule has 4 heterocycles. The number of carbonyl (C=O) groups is 1. The molecule has 1 aromatic carbocycles. The van der Waals surface area contributed by atoms with Gasteiger partial charge in [-0.2, -0.15) is 0 Å². The van der Waals surface area contributed by atoms with Gasteiger partial charge in [0.05, 0.1) is 17.2 Å². The average molecular weight is 394 g/mol. The number of phenolic OH excluding ortho intramolecular Hbond substituents is 1. The summed E-state index contributed by atoms with van der Waals surface area (Å²) in [5, 5.41) is 20.4. The molecule has 3 aliphatic heterocycles. The molecule has 2 aromatic rings. The summed E-state index contributed by atoms with van der Waals surface area (Å²) in [7, 11) is 0. The Morgan fingerprint density at radius 3 is 2.72 bits per heavy atom. The zero-order valence-electron chi connectivity index (χ0n) is 16.3. The number of rotatable bonds is 3. The van der Waals surface area contributed by atoms with Gasteiger partial charge in [-0.25, -0.2) is 0 Å². The van der Waals surface area contributed by atoms with Crippen LogP contribution < -0.4 is 0 Å². The summed E-state index contributed by atoms with van der Waals surface area (Å²) in [6, 6.07) is 11.2. The first-order chi connectivity index (χ1) is 14.0. The summed E-state index contributed by atoms with van der Waals surface area (Å²) >= 11 is 0. The number of amides is 1. The summed E-state index contributed by atoms with van der Waals surface area (Å²) in [5.74, 6) is 0.331. The van der Waals surface area contributed by atoms with E-state index < -0.39 is 0 Å². The molecule has 7 heteroatoms. The molecule has 1 amide bonds. The number of aliphatic hydroxyl groups excluding tert-OH is 1. The lowest BCUT2D eigenvalue weighted by atomic mass is 9.83. The van der Waals surface area contributed by atoms with Gasteiger partial charge in [0.15, 0.2) is 0 Å². The van der Waals surface area contributed by atoms with Crippen molar-refractivity contribution in [2.45, 2.75) is 30.7 Å². The number of para-hydroxylation sites is 1. The first kappa shape index (κ1) is 18.5. The van der Waals surface area contributed by atoms with E-state index in [1.54, 1.807) is 24.5 Å². The van der Waals surface area contributed by atoms with Gasteiger partial charge < -0.3 is 15.1 Å². The minimum atomic E-state index is -0.336. The van der Waals surface area contributed by atoms with Crippen molar-refractivity contribution in [1.29, 1.82) is 0 Å². The largest absolute Gasteiger partial charge is 0.508 e. The van der Waals surface area contributed by atoms with Crippen LogP contribution in [0.25, 0.3) is 0 Å². The number of carbonyl (C=O) groups excluding carboxylic acids is 1. The smallest absolute Gasteiger partial charge is 0.255 e. The Labute approximate surface area is 170 Å². The number of hydrogen-bond donors (Lipinski definition) is 2. The molecular weight excluding hydrogens is 368 g/mol. The van der Waals surface area contributed by atoms with E-state index in [0.717, 1.165) is 18.7 Å². The maximum absolute atomic E-state index is 13.1. The third-order valence-corrected chi connectivity index (χ3v) is 6.54. The first-order valence-electron chi connectivity index (χ1n) is 10.2. The molecule has 1 aromatic heterocycles. The van der Waals surface area contributed by atoms with Crippen molar-refractivity contribution in [3.8, 4) is 5.75 Å². The molecule has 0 radical (unpaired) electrons. The van der Waals surface area contributed by atoms with Gasteiger partial charge in [-0.3, -0.25) is 19.6 Å². The number of aromatic hydroxyl groups is 1. The quantitative estimate of drug-likeness (QED) is 0.806. The van der Waals surface area contributed by atoms with Crippen LogP contribution in [0.1, 0.15) is 22.3 Å². The van der Waals surface area contributed by atoms with E-state index in [9.17, 15) is 15.0 Å². The topological polar surface area (TPSA) is 80.1 Å². The van der Waals surface area contributed by atoms with Crippen LogP contribution in [0.2, 0.25) is 0 Å². The van der Waals surface area contributed by atoms with E-state index >= 15 is 0 Å². The van der Waals surface area contributed by atoms with Crippen LogP contribution >= 0.6 is 0 Å². The maximum Gasteiger partial charge on any atom is 0.255 e. The van der Waals surface area contributed by atoms with Crippen LogP contribution in [-0.2, 0) is 6.54 Å². The van der Waals surface area contributed by atoms with Crippen molar-refractivity contribution in [1.82, 2.24) is 19.7 Å². The van der Waals surface area contributed by atoms with Crippen LogP contribution in [0, 0.1) is 0 Å². The number of hydrogen-bond acceptors (Lipinski definition) is 6. The molecule has 3 fully saturated rings. The molecule has 3 saturated heterocycles. The second-order valence-corrected chi connectivity index (χ2v) is 8.62. The zero-order valence-corrected chi connectivity index (χ0v) is 16.3. The van der Waals surface area contributed by atoms with Gasteiger partial charge in [0, 0.05) is 63.3 Å². The van der Waals surface area contributed by atoms with Crippen LogP contribution in [0.3, 0.4) is 0 Å². The first-order valence-corrected chi connectivity index (χ1v) is 10.2. The van der Waals surface area contributed by atoms with E-state index in [4.69, 9.17) is 0 Å². The van der Waals surface area contributed by atoms with Crippen molar-refractivity contribution in [2.75, 3.05) is 32.7 Å². The molecule has 0 aliphatic carbocycles. The van der Waals surface area contributed by atoms with Crippen molar-refractivity contribution in [3.05, 3.63) is 59.9 Å². The molecule has 2 unspecified atom stereocenters. The lowest BCUT2D eigenvalue weighted by Crippen LogP contribution is -2.78. The van der Waals surface area contributed by atoms with Gasteiger partial charge >= 0.3 is 0 Å². The van der Waals surface area contributed by atoms with Gasteiger partial charge in [-0.15, -0.1) is 0 Å². The number of benzene rings is 1. The predicted molar refractivity (Wildman–Crippen MR) is 107 cm³/mol. The molecule has 5 rings (SSSR count). The van der Waals surface area contributed by atoms with E-state index in [2.05, 4.69) is 14.8 Å². The molecule has 0 saturated carbocycles. The Morgan fingerprint density at radius 1 is 1.14 bits per heavy atom. The fraction of sp³-hybridized carbons (Fsp3) is 0.455. The highest BCUT2D eigenvalue weighted by Crippen LogP contribution is 2.40. The van der Waals surface area contributed by atoms with Gasteiger partial charge in [0.25, 0.3) is 5.91 Å². The Bertz CT molecular complexity index is 900. The number of fused-ring (bicyclic) bond motifs is 2. The Balaban J connectivity index is 1.34. The average Bonchev–Trinajstić information content (AvgIpc) is 3.09. The second-order valence-electron chi connectivity index (χ2n) is 8.62. The number of aliphatic hydroxyl groups is 1. The minimum absolute atomic E-state index is 0.0117. The van der Waals surface area contributed by atoms with E-state index in [-0.39, 0.29) is 23.6 Å². The predicted octanol–water partition coefficient (Wildman–Crippen LogP) is 0.933. The Kier molecular flexibility index (Phi) is 4.53. The Hall–Kier alpha value is -2.48. The van der Waals surface area contributed by atoms with Crippen molar-refractivity contribution in [3.63, 3.8) is 0 Å². The highest BCUT2D eigenvalue weighted by molar-refractivity contribution is 5.94. The molecule has 0 bridgehead atoms. The van der Waals surface area contributed by atoms with Crippen molar-refractivity contribution in [2.24, 2.45) is 0 Å². The third-order valence-electron chi connectivity index (χ3n) is 6.54. The standard InChI is InChI=1S/C22H26N4O3/c27-19-8-18-11-25(21(29)16-5-3-7-23-9-16)15-22(26(18)12-19)13-24(14-22)10-17-4-1-2-6-20(17)28/h1-7,9,18-19,27-28H,8,10-15H2. The lowest BCUT2D eigenvalue weighted by molar-refractivity contribution is -0.108. The summed E-state index contributed by atoms with van der Waals surface area (Å²) in [5.41, 5.74) is 1.39. The zero-order chi connectivity index (χ0) is 20.0. The normalized spacial score (nSPS) is 26.3. The summed E-state index contributed by atoms with van der Waals surface area (Å²) in [6.45, 7) is 4.30. The Morgan fingerprint density at radius 2 is 1.97 bits per heavy atom. The lowest BCUT2D eigenvalue weighted by Gasteiger charge is -2.61. The highest BCUT2D eigenvalue weighted by Gasteiger charge is 2.56. The second kappa shape index (κ2) is 7.09. The number of likely N-dealkylation sites (tertiary alicyclic amines) is 1. The van der Waals surface area contributed by atoms with E-state index in [0.29, 0.717) is 43.9 Å². The van der Waals surface area contributed by atoms with Crippen LogP contribution in [-0.4, -0.2) is 86.2 Å². The van der Waals surface area contributed by atoms with E-state index in [1.165, 1.54) is 0 Å². The molecular formula is C22H26N4O3. The van der Waals surface area contributed by atoms with Gasteiger partial charge in [0.1, 0.15) is 5.75 Å². The molecule has 1 spiro atoms. The summed E-state index contributed by atoms with van der Waals surface area (Å²) < 4.78 is 0. The summed E-state index contributed by atoms with van der Waals surface area (Å²) in [4.78, 5) is 23.8. The fourth-order valence-electron chi connectivity index (χ4n) is 5.30. The molecule has 7 nitrogen and oxygen atoms in total. The molecule has 152 valence electrons. The monoisotopic (exact) mass is 394 g/mol. The number of aromatic nitrogens is 1. The number of nitrogens with zero attached hydrogens (tertiary/aromatic N) is 4. The molecule has 2 atom stereocenters. The number of pyridine rings is 1. The SMILES string of the molecule is O=C(c1cccnc1)N1CC2CC(O)CN2C2(CN(Cc3ccccc3O)C2)C1. The fourth-order valence-corrected chi connectivity index (χ4v) is 5.30. The van der Waals surface area contributed by atoms with Gasteiger partial charge in [-0.05, 0) is 24.6 Å². The molecule has 3 aliphatic rings. The minimum Gasteiger partial charge on any atom is -0.508 e. The van der Waals surface area contributed by atoms with Crippen LogP contribution in [0.5, 0.6) is 5.75 Å². The van der Waals surface area contributed by atoms with Crippen molar-refractivity contribution >= 4 is 5.91 Å². The number of β-amino-alcohol motifs (C(OH)–C–C–N with tert-alkyl or cyclic N) is 1. The van der Waals surface area contributed by atoms with Gasteiger partial charge in [0.2, 0.25) is 0 Å². The molecule has 29 heavy (non-hydrogen) atoms. The number of piperazine rings is 1. The summed E-state index contributed by atoms with van der Waals surface area (Å²) in [6.07, 6.45) is 3.66. The third kappa shape index (κ3) is 3.29. The van der Waals surface area contributed by atoms with E-state index in [1.807, 2.05) is 29.2 Å².